The first kappa shape index (κ1) is 23.2. The molecule has 0 radical (unpaired) electrons. The van der Waals surface area contributed by atoms with Crippen LogP contribution in [-0.2, 0) is 25.3 Å². The second kappa shape index (κ2) is 10.1. The first-order valence-corrected chi connectivity index (χ1v) is 14.0. The standard InChI is InChI=1S/C30H27N3OS2/c1-21-12-14-23(15-13-21)20-35-30-31-28-27(29(34)33(30)24-10-6-3-7-11-24)25-16-17-32(19-26(25)36-28)18-22-8-4-2-5-9-22/h2-15H,16-20H2,1H3. The van der Waals surface area contributed by atoms with Crippen LogP contribution in [0.3, 0.4) is 0 Å². The molecule has 4 nitrogen and oxygen atoms in total. The Morgan fingerprint density at radius 3 is 2.39 bits per heavy atom. The Labute approximate surface area is 219 Å². The van der Waals surface area contributed by atoms with E-state index >= 15 is 0 Å². The Balaban J connectivity index is 1.38. The molecule has 5 aromatic rings. The van der Waals surface area contributed by atoms with Crippen molar-refractivity contribution in [1.29, 1.82) is 0 Å². The van der Waals surface area contributed by atoms with Crippen molar-refractivity contribution in [3.63, 3.8) is 0 Å². The fraction of sp³-hybridized carbons (Fsp3) is 0.200. The van der Waals surface area contributed by atoms with Crippen LogP contribution >= 0.6 is 23.1 Å². The van der Waals surface area contributed by atoms with Crippen molar-refractivity contribution in [2.45, 2.75) is 37.3 Å². The maximum atomic E-state index is 14.0. The van der Waals surface area contributed by atoms with Crippen molar-refractivity contribution in [2.24, 2.45) is 0 Å². The van der Waals surface area contributed by atoms with Crippen LogP contribution in [0.2, 0.25) is 0 Å². The van der Waals surface area contributed by atoms with Crippen molar-refractivity contribution in [2.75, 3.05) is 6.54 Å². The molecule has 0 bridgehead atoms. The van der Waals surface area contributed by atoms with E-state index in [-0.39, 0.29) is 5.56 Å². The van der Waals surface area contributed by atoms with Crippen LogP contribution in [0.4, 0.5) is 0 Å². The number of aryl methyl sites for hydroxylation is 1. The van der Waals surface area contributed by atoms with Gasteiger partial charge in [0, 0.05) is 30.3 Å². The highest BCUT2D eigenvalue weighted by Gasteiger charge is 2.25. The average molecular weight is 510 g/mol. The molecule has 3 heterocycles. The fourth-order valence-corrected chi connectivity index (χ4v) is 7.06. The highest BCUT2D eigenvalue weighted by atomic mass is 32.2. The number of nitrogens with zero attached hydrogens (tertiary/aromatic N) is 3. The number of hydrogen-bond donors (Lipinski definition) is 0. The number of thiophene rings is 1. The minimum Gasteiger partial charge on any atom is -0.294 e. The summed E-state index contributed by atoms with van der Waals surface area (Å²) in [4.78, 5) is 23.7. The molecular weight excluding hydrogens is 482 g/mol. The molecule has 0 spiro atoms. The van der Waals surface area contributed by atoms with Gasteiger partial charge in [0.25, 0.3) is 5.56 Å². The predicted octanol–water partition coefficient (Wildman–Crippen LogP) is 6.61. The summed E-state index contributed by atoms with van der Waals surface area (Å²) in [5, 5.41) is 1.55. The number of thioether (sulfide) groups is 1. The van der Waals surface area contributed by atoms with Crippen molar-refractivity contribution in [1.82, 2.24) is 14.5 Å². The van der Waals surface area contributed by atoms with Crippen LogP contribution in [0.15, 0.2) is 94.9 Å². The zero-order chi connectivity index (χ0) is 24.5. The minimum absolute atomic E-state index is 0.0478. The van der Waals surface area contributed by atoms with E-state index in [0.717, 1.165) is 52.9 Å². The molecule has 3 aromatic carbocycles. The van der Waals surface area contributed by atoms with E-state index in [0.29, 0.717) is 0 Å². The number of hydrogen-bond acceptors (Lipinski definition) is 5. The van der Waals surface area contributed by atoms with Gasteiger partial charge in [-0.3, -0.25) is 14.3 Å². The maximum Gasteiger partial charge on any atom is 0.267 e. The lowest BCUT2D eigenvalue weighted by molar-refractivity contribution is 0.249. The van der Waals surface area contributed by atoms with Crippen LogP contribution in [0.25, 0.3) is 15.9 Å². The van der Waals surface area contributed by atoms with E-state index in [1.165, 1.54) is 27.1 Å². The smallest absolute Gasteiger partial charge is 0.267 e. The molecule has 0 saturated heterocycles. The first-order valence-electron chi connectivity index (χ1n) is 12.2. The second-order valence-electron chi connectivity index (χ2n) is 9.27. The first-order chi connectivity index (χ1) is 17.7. The summed E-state index contributed by atoms with van der Waals surface area (Å²) in [6.07, 6.45) is 0.879. The fourth-order valence-electron chi connectivity index (χ4n) is 4.79. The van der Waals surface area contributed by atoms with Crippen molar-refractivity contribution >= 4 is 33.3 Å². The quantitative estimate of drug-likeness (QED) is 0.191. The predicted molar refractivity (Wildman–Crippen MR) is 150 cm³/mol. The third-order valence-electron chi connectivity index (χ3n) is 6.67. The number of aromatic nitrogens is 2. The van der Waals surface area contributed by atoms with Crippen molar-refractivity contribution in [3.8, 4) is 5.69 Å². The summed E-state index contributed by atoms with van der Waals surface area (Å²) in [6, 6.07) is 29.1. The molecule has 1 aliphatic heterocycles. The third-order valence-corrected chi connectivity index (χ3v) is 8.80. The summed E-state index contributed by atoms with van der Waals surface area (Å²) < 4.78 is 1.81. The molecule has 0 saturated carbocycles. The molecule has 0 fully saturated rings. The van der Waals surface area contributed by atoms with Crippen LogP contribution in [0.1, 0.15) is 27.1 Å². The summed E-state index contributed by atoms with van der Waals surface area (Å²) >= 11 is 3.32. The van der Waals surface area contributed by atoms with Gasteiger partial charge < -0.3 is 0 Å². The molecule has 2 aromatic heterocycles. The Hall–Kier alpha value is -3.19. The zero-order valence-corrected chi connectivity index (χ0v) is 21.8. The Morgan fingerprint density at radius 2 is 1.64 bits per heavy atom. The van der Waals surface area contributed by atoms with Gasteiger partial charge in [-0.05, 0) is 42.2 Å². The number of rotatable bonds is 6. The van der Waals surface area contributed by atoms with Gasteiger partial charge in [0.15, 0.2) is 5.16 Å². The summed E-state index contributed by atoms with van der Waals surface area (Å²) in [7, 11) is 0. The lowest BCUT2D eigenvalue weighted by Gasteiger charge is -2.26. The van der Waals surface area contributed by atoms with E-state index in [1.54, 1.807) is 23.1 Å². The molecule has 6 heteroatoms. The lowest BCUT2D eigenvalue weighted by Crippen LogP contribution is -2.30. The van der Waals surface area contributed by atoms with Gasteiger partial charge in [0.2, 0.25) is 0 Å². The second-order valence-corrected chi connectivity index (χ2v) is 11.3. The average Bonchev–Trinajstić information content (AvgIpc) is 3.27. The Morgan fingerprint density at radius 1 is 0.917 bits per heavy atom. The summed E-state index contributed by atoms with van der Waals surface area (Å²) in [5.41, 5.74) is 5.89. The molecule has 36 heavy (non-hydrogen) atoms. The van der Waals surface area contributed by atoms with Crippen LogP contribution in [0, 0.1) is 6.92 Å². The van der Waals surface area contributed by atoms with Gasteiger partial charge in [0.1, 0.15) is 4.83 Å². The Kier molecular flexibility index (Phi) is 6.48. The Bertz CT molecular complexity index is 1560. The van der Waals surface area contributed by atoms with Crippen molar-refractivity contribution in [3.05, 3.63) is 122 Å². The number of benzene rings is 3. The molecule has 0 aliphatic carbocycles. The molecule has 0 unspecified atom stereocenters. The molecule has 1 aliphatic rings. The lowest BCUT2D eigenvalue weighted by atomic mass is 10.0. The van der Waals surface area contributed by atoms with E-state index in [2.05, 4.69) is 66.4 Å². The van der Waals surface area contributed by atoms with Gasteiger partial charge in [-0.25, -0.2) is 4.98 Å². The minimum atomic E-state index is 0.0478. The van der Waals surface area contributed by atoms with E-state index in [9.17, 15) is 4.79 Å². The highest BCUT2D eigenvalue weighted by Crippen LogP contribution is 2.35. The maximum absolute atomic E-state index is 14.0. The summed E-state index contributed by atoms with van der Waals surface area (Å²) in [5.74, 6) is 0.765. The molecule has 0 atom stereocenters. The highest BCUT2D eigenvalue weighted by molar-refractivity contribution is 7.98. The summed E-state index contributed by atoms with van der Waals surface area (Å²) in [6.45, 7) is 4.83. The third kappa shape index (κ3) is 4.64. The monoisotopic (exact) mass is 509 g/mol. The number of fused-ring (bicyclic) bond motifs is 3. The normalized spacial score (nSPS) is 13.7. The van der Waals surface area contributed by atoms with E-state index < -0.39 is 0 Å². The van der Waals surface area contributed by atoms with Crippen molar-refractivity contribution < 1.29 is 0 Å². The topological polar surface area (TPSA) is 38.1 Å². The van der Waals surface area contributed by atoms with Crippen LogP contribution < -0.4 is 5.56 Å². The van der Waals surface area contributed by atoms with E-state index in [4.69, 9.17) is 4.98 Å². The molecule has 0 amide bonds. The van der Waals surface area contributed by atoms with Crippen LogP contribution in [-0.4, -0.2) is 21.0 Å². The molecule has 180 valence electrons. The van der Waals surface area contributed by atoms with Gasteiger partial charge in [-0.1, -0.05) is 90.1 Å². The van der Waals surface area contributed by atoms with Gasteiger partial charge in [-0.15, -0.1) is 11.3 Å². The number of para-hydroxylation sites is 1. The van der Waals surface area contributed by atoms with E-state index in [1.807, 2.05) is 34.9 Å². The van der Waals surface area contributed by atoms with Gasteiger partial charge in [-0.2, -0.15) is 0 Å². The van der Waals surface area contributed by atoms with Gasteiger partial charge in [0.05, 0.1) is 11.1 Å². The zero-order valence-electron chi connectivity index (χ0n) is 20.2. The molecule has 6 rings (SSSR count). The molecule has 0 N–H and O–H groups in total. The largest absolute Gasteiger partial charge is 0.294 e. The molecular formula is C30H27N3OS2. The van der Waals surface area contributed by atoms with Crippen LogP contribution in [0.5, 0.6) is 0 Å². The SMILES string of the molecule is Cc1ccc(CSc2nc3sc4c(c3c(=O)n2-c2ccccc2)CCN(Cc2ccccc2)C4)cc1. The van der Waals surface area contributed by atoms with Gasteiger partial charge >= 0.3 is 0 Å².